The van der Waals surface area contributed by atoms with E-state index in [1.165, 1.54) is 95.5 Å². The fraction of sp³-hybridized carbons (Fsp3) is 0.633. The first-order chi connectivity index (χ1) is 15.3. The van der Waals surface area contributed by atoms with Crippen LogP contribution in [0.2, 0.25) is 0 Å². The van der Waals surface area contributed by atoms with Crippen molar-refractivity contribution in [3.05, 3.63) is 59.7 Å². The number of nitriles is 1. The monoisotopic (exact) mass is 417 g/mol. The minimum Gasteiger partial charge on any atom is -0.193 e. The van der Waals surface area contributed by atoms with Crippen LogP contribution in [0.5, 0.6) is 0 Å². The Labute approximate surface area is 191 Å². The molecule has 0 atom stereocenters. The summed E-state index contributed by atoms with van der Waals surface area (Å²) in [5, 5.41) is 8.69. The van der Waals surface area contributed by atoms with Crippen molar-refractivity contribution in [3.63, 3.8) is 0 Å². The van der Waals surface area contributed by atoms with E-state index in [0.29, 0.717) is 5.92 Å². The molecule has 2 saturated carbocycles. The Morgan fingerprint density at radius 2 is 1.29 bits per heavy atom. The van der Waals surface area contributed by atoms with Crippen molar-refractivity contribution in [2.75, 3.05) is 0 Å². The maximum Gasteiger partial charge on any atom is 0.0908 e. The molecular formula is C30H43N. The van der Waals surface area contributed by atoms with Gasteiger partial charge in [0, 0.05) is 6.08 Å². The number of unbranched alkanes of at least 4 members (excludes halogenated alkanes) is 4. The van der Waals surface area contributed by atoms with E-state index in [0.717, 1.165) is 17.8 Å². The summed E-state index contributed by atoms with van der Waals surface area (Å²) in [7, 11) is 0. The van der Waals surface area contributed by atoms with Crippen LogP contribution in [0, 0.1) is 29.1 Å². The van der Waals surface area contributed by atoms with Crippen LogP contribution in [0.4, 0.5) is 0 Å². The molecule has 31 heavy (non-hydrogen) atoms. The Bertz CT molecular complexity index is 704. The molecule has 0 aromatic heterocycles. The molecule has 0 unspecified atom stereocenters. The van der Waals surface area contributed by atoms with E-state index in [1.54, 1.807) is 11.6 Å². The van der Waals surface area contributed by atoms with Crippen molar-refractivity contribution in [2.45, 2.75) is 103 Å². The lowest BCUT2D eigenvalue weighted by molar-refractivity contribution is 0.348. The zero-order valence-corrected chi connectivity index (χ0v) is 19.8. The zero-order chi connectivity index (χ0) is 21.7. The Morgan fingerprint density at radius 3 is 1.87 bits per heavy atom. The molecule has 0 N–H and O–H groups in total. The Balaban J connectivity index is 1.35. The van der Waals surface area contributed by atoms with Gasteiger partial charge in [-0.15, -0.1) is 0 Å². The molecule has 0 bridgehead atoms. The van der Waals surface area contributed by atoms with Crippen LogP contribution < -0.4 is 0 Å². The molecule has 1 aromatic rings. The van der Waals surface area contributed by atoms with Gasteiger partial charge in [0.2, 0.25) is 0 Å². The highest BCUT2D eigenvalue weighted by Gasteiger charge is 2.22. The molecule has 0 amide bonds. The largest absolute Gasteiger partial charge is 0.193 e. The van der Waals surface area contributed by atoms with Gasteiger partial charge in [-0.1, -0.05) is 75.1 Å². The number of nitrogens with zero attached hydrogens (tertiary/aromatic N) is 1. The maximum absolute atomic E-state index is 8.69. The molecule has 0 saturated heterocycles. The van der Waals surface area contributed by atoms with Crippen molar-refractivity contribution in [3.8, 4) is 6.07 Å². The van der Waals surface area contributed by atoms with E-state index >= 15 is 0 Å². The highest BCUT2D eigenvalue weighted by atomic mass is 14.3. The SMILES string of the molecule is CCCCCCCc1ccc([C@H]2CC[C@H](C=C[C@H]3CC[C@H](C=CC#N)CC3)CC2)cc1. The van der Waals surface area contributed by atoms with Crippen LogP contribution in [0.3, 0.4) is 0 Å². The van der Waals surface area contributed by atoms with E-state index in [4.69, 9.17) is 5.26 Å². The minimum atomic E-state index is 0.632. The molecule has 1 heteroatoms. The zero-order valence-electron chi connectivity index (χ0n) is 19.8. The summed E-state index contributed by atoms with van der Waals surface area (Å²) < 4.78 is 0. The highest BCUT2D eigenvalue weighted by molar-refractivity contribution is 5.26. The van der Waals surface area contributed by atoms with Crippen molar-refractivity contribution in [1.29, 1.82) is 5.26 Å². The summed E-state index contributed by atoms with van der Waals surface area (Å²) in [5.74, 6) is 2.95. The lowest BCUT2D eigenvalue weighted by Crippen LogP contribution is -2.14. The number of allylic oxidation sites excluding steroid dienone is 4. The Kier molecular flexibility index (Phi) is 10.4. The van der Waals surface area contributed by atoms with Crippen LogP contribution in [0.15, 0.2) is 48.6 Å². The molecule has 2 fully saturated rings. The van der Waals surface area contributed by atoms with Gasteiger partial charge in [-0.25, -0.2) is 0 Å². The summed E-state index contributed by atoms with van der Waals surface area (Å²) in [6.07, 6.45) is 27.4. The standard InChI is InChI=1S/C30H43N/c1-2-3-4-5-6-8-25-16-20-29(21-17-25)30-22-18-28(19-23-30)15-14-27-12-10-26(11-13-27)9-7-24-31/h7,9,14-17,20-21,26-28,30H,2-6,8,10-13,18-19,22-23H2,1H3/t26-,27-,28-,30-. The summed E-state index contributed by atoms with van der Waals surface area (Å²) in [5.41, 5.74) is 3.09. The third kappa shape index (κ3) is 8.33. The van der Waals surface area contributed by atoms with Gasteiger partial charge < -0.3 is 0 Å². The van der Waals surface area contributed by atoms with Gasteiger partial charge in [0.15, 0.2) is 0 Å². The second kappa shape index (κ2) is 13.6. The lowest BCUT2D eigenvalue weighted by atomic mass is 9.77. The predicted octanol–water partition coefficient (Wildman–Crippen LogP) is 8.92. The second-order valence-electron chi connectivity index (χ2n) is 10.1. The minimum absolute atomic E-state index is 0.632. The van der Waals surface area contributed by atoms with Crippen molar-refractivity contribution >= 4 is 0 Å². The molecule has 0 radical (unpaired) electrons. The van der Waals surface area contributed by atoms with Crippen LogP contribution in [0.1, 0.15) is 107 Å². The predicted molar refractivity (Wildman–Crippen MR) is 133 cm³/mol. The normalized spacial score (nSPS) is 27.0. The lowest BCUT2D eigenvalue weighted by Gasteiger charge is -2.28. The topological polar surface area (TPSA) is 23.8 Å². The molecule has 3 rings (SSSR count). The van der Waals surface area contributed by atoms with Gasteiger partial charge in [0.25, 0.3) is 0 Å². The smallest absolute Gasteiger partial charge is 0.0908 e. The second-order valence-corrected chi connectivity index (χ2v) is 10.1. The van der Waals surface area contributed by atoms with Gasteiger partial charge in [0.1, 0.15) is 0 Å². The third-order valence-electron chi connectivity index (χ3n) is 7.71. The molecule has 0 spiro atoms. The molecule has 2 aliphatic carbocycles. The molecule has 2 aliphatic rings. The fourth-order valence-corrected chi connectivity index (χ4v) is 5.56. The third-order valence-corrected chi connectivity index (χ3v) is 7.71. The summed E-state index contributed by atoms with van der Waals surface area (Å²) in [4.78, 5) is 0. The van der Waals surface area contributed by atoms with E-state index in [-0.39, 0.29) is 0 Å². The number of hydrogen-bond acceptors (Lipinski definition) is 1. The first kappa shape index (κ1) is 23.8. The first-order valence-corrected chi connectivity index (χ1v) is 13.1. The molecule has 0 heterocycles. The van der Waals surface area contributed by atoms with Crippen LogP contribution >= 0.6 is 0 Å². The highest BCUT2D eigenvalue weighted by Crippen LogP contribution is 2.37. The van der Waals surface area contributed by atoms with Gasteiger partial charge in [0.05, 0.1) is 6.07 Å². The maximum atomic E-state index is 8.69. The Morgan fingerprint density at radius 1 is 0.742 bits per heavy atom. The van der Waals surface area contributed by atoms with Gasteiger partial charge in [-0.2, -0.15) is 5.26 Å². The first-order valence-electron chi connectivity index (χ1n) is 13.1. The van der Waals surface area contributed by atoms with Gasteiger partial charge in [-0.3, -0.25) is 0 Å². The number of hydrogen-bond donors (Lipinski definition) is 0. The van der Waals surface area contributed by atoms with Crippen LogP contribution in [0.25, 0.3) is 0 Å². The number of benzene rings is 1. The van der Waals surface area contributed by atoms with E-state index < -0.39 is 0 Å². The van der Waals surface area contributed by atoms with E-state index in [9.17, 15) is 0 Å². The summed E-state index contributed by atoms with van der Waals surface area (Å²) in [6, 6.07) is 11.8. The molecular weight excluding hydrogens is 374 g/mol. The molecule has 1 aromatic carbocycles. The summed E-state index contributed by atoms with van der Waals surface area (Å²) in [6.45, 7) is 2.28. The van der Waals surface area contributed by atoms with Crippen molar-refractivity contribution in [1.82, 2.24) is 0 Å². The molecule has 1 nitrogen and oxygen atoms in total. The van der Waals surface area contributed by atoms with Gasteiger partial charge in [-0.05, 0) is 99.0 Å². The average Bonchev–Trinajstić information content (AvgIpc) is 2.83. The van der Waals surface area contributed by atoms with E-state index in [1.807, 2.05) is 0 Å². The number of rotatable bonds is 10. The summed E-state index contributed by atoms with van der Waals surface area (Å²) >= 11 is 0. The van der Waals surface area contributed by atoms with Crippen LogP contribution in [-0.2, 0) is 6.42 Å². The van der Waals surface area contributed by atoms with Crippen molar-refractivity contribution < 1.29 is 0 Å². The van der Waals surface area contributed by atoms with Crippen molar-refractivity contribution in [2.24, 2.45) is 17.8 Å². The van der Waals surface area contributed by atoms with E-state index in [2.05, 4.69) is 55.5 Å². The quantitative estimate of drug-likeness (QED) is 0.212. The number of aryl methyl sites for hydroxylation is 1. The molecule has 168 valence electrons. The molecule has 0 aliphatic heterocycles. The average molecular weight is 418 g/mol. The van der Waals surface area contributed by atoms with Gasteiger partial charge >= 0.3 is 0 Å². The van der Waals surface area contributed by atoms with Crippen LogP contribution in [-0.4, -0.2) is 0 Å². The fourth-order valence-electron chi connectivity index (χ4n) is 5.56. The Hall–Kier alpha value is -1.81.